The SMILES string of the molecule is C=N/C=C(\C=N/C)[C@](C)(C(=O)NC1CCC(F)(F)CC1)N(C(=O)[C@H](F)Cl)c1ccc(OC(F)(F)Cl)cc1. The summed E-state index contributed by atoms with van der Waals surface area (Å²) in [6, 6.07) is 3.56. The van der Waals surface area contributed by atoms with E-state index in [4.69, 9.17) is 23.2 Å². The van der Waals surface area contributed by atoms with Crippen molar-refractivity contribution in [1.29, 1.82) is 0 Å². The molecule has 14 heteroatoms. The average Bonchev–Trinajstić information content (AvgIpc) is 2.80. The maximum atomic E-state index is 14.2. The van der Waals surface area contributed by atoms with Gasteiger partial charge in [0.1, 0.15) is 5.75 Å². The van der Waals surface area contributed by atoms with E-state index in [1.54, 1.807) is 0 Å². The molecule has 1 aliphatic carbocycles. The fraction of sp³-hybridized carbons (Fsp3) is 0.478. The van der Waals surface area contributed by atoms with Gasteiger partial charge in [-0.1, -0.05) is 11.6 Å². The first-order valence-corrected chi connectivity index (χ1v) is 11.7. The Hall–Kier alpha value is -2.73. The van der Waals surface area contributed by atoms with Gasteiger partial charge in [0.25, 0.3) is 17.4 Å². The fourth-order valence-corrected chi connectivity index (χ4v) is 4.08. The smallest absolute Gasteiger partial charge is 0.420 e. The molecule has 1 N–H and O–H groups in total. The van der Waals surface area contributed by atoms with Crippen LogP contribution in [-0.2, 0) is 9.59 Å². The molecule has 0 radical (unpaired) electrons. The minimum Gasteiger partial charge on any atom is -0.420 e. The molecule has 0 saturated heterocycles. The summed E-state index contributed by atoms with van der Waals surface area (Å²) in [6.45, 7) is 4.58. The second kappa shape index (κ2) is 12.2. The van der Waals surface area contributed by atoms with Gasteiger partial charge in [0.2, 0.25) is 5.92 Å². The van der Waals surface area contributed by atoms with Crippen molar-refractivity contribution in [1.82, 2.24) is 5.32 Å². The number of nitrogens with zero attached hydrogens (tertiary/aromatic N) is 3. The van der Waals surface area contributed by atoms with Gasteiger partial charge < -0.3 is 10.1 Å². The van der Waals surface area contributed by atoms with Crippen molar-refractivity contribution in [3.63, 3.8) is 0 Å². The number of amides is 2. The number of nitrogens with one attached hydrogen (secondary N) is 1. The summed E-state index contributed by atoms with van der Waals surface area (Å²) in [6.07, 6.45) is 1.30. The molecule has 1 aromatic rings. The third-order valence-electron chi connectivity index (χ3n) is 5.74. The molecule has 0 aliphatic heterocycles. The standard InChI is InChI=1S/C23H25Cl2F5N4O3/c1-21(14(12-31-2)13-32-3,20(36)33-15-8-10-22(27,28)11-9-15)34(19(35)18(24)26)16-4-6-17(7-5-16)37-23(25,29)30/h4-7,12-13,15,18H,2,8-11H2,1,3H3,(H,33,36)/b14-12+,32-13-/t18-,21+/m0/s1. The first-order chi connectivity index (χ1) is 17.1. The lowest BCUT2D eigenvalue weighted by atomic mass is 9.86. The summed E-state index contributed by atoms with van der Waals surface area (Å²) in [5.41, 5.74) is -8.94. The van der Waals surface area contributed by atoms with E-state index in [1.807, 2.05) is 0 Å². The van der Waals surface area contributed by atoms with Crippen LogP contribution in [-0.4, -0.2) is 60.5 Å². The molecule has 0 spiro atoms. The Bertz CT molecular complexity index is 1040. The predicted molar refractivity (Wildman–Crippen MR) is 132 cm³/mol. The largest absolute Gasteiger partial charge is 0.487 e. The summed E-state index contributed by atoms with van der Waals surface area (Å²) in [4.78, 5) is 35.0. The molecule has 0 aromatic heterocycles. The number of hydrogen-bond donors (Lipinski definition) is 1. The minimum absolute atomic E-state index is 0.0384. The number of aliphatic imine (C=N–C) groups is 2. The predicted octanol–water partition coefficient (Wildman–Crippen LogP) is 5.46. The second-order valence-corrected chi connectivity index (χ2v) is 9.17. The third kappa shape index (κ3) is 7.88. The van der Waals surface area contributed by atoms with Crippen molar-refractivity contribution < 1.29 is 36.3 Å². The van der Waals surface area contributed by atoms with Crippen LogP contribution in [0.15, 0.2) is 46.0 Å². The van der Waals surface area contributed by atoms with Crippen LogP contribution in [0.2, 0.25) is 0 Å². The van der Waals surface area contributed by atoms with Gasteiger partial charge in [0.05, 0.1) is 0 Å². The molecule has 0 heterocycles. The summed E-state index contributed by atoms with van der Waals surface area (Å²) < 4.78 is 71.8. The van der Waals surface area contributed by atoms with E-state index in [1.165, 1.54) is 20.2 Å². The normalized spacial score (nSPS) is 19.1. The lowest BCUT2D eigenvalue weighted by Crippen LogP contribution is -2.63. The van der Waals surface area contributed by atoms with Gasteiger partial charge in [0, 0.05) is 61.2 Å². The molecule has 0 bridgehead atoms. The van der Waals surface area contributed by atoms with Crippen LogP contribution in [0.3, 0.4) is 0 Å². The molecule has 0 unspecified atom stereocenters. The number of alkyl halides is 7. The Morgan fingerprint density at radius 3 is 2.30 bits per heavy atom. The van der Waals surface area contributed by atoms with E-state index in [0.29, 0.717) is 4.90 Å². The van der Waals surface area contributed by atoms with Gasteiger partial charge in [-0.15, -0.1) is 8.78 Å². The molecule has 204 valence electrons. The summed E-state index contributed by atoms with van der Waals surface area (Å²) in [7, 11) is 1.36. The second-order valence-electron chi connectivity index (χ2n) is 8.35. The van der Waals surface area contributed by atoms with Crippen molar-refractivity contribution in [2.24, 2.45) is 9.98 Å². The molecule has 7 nitrogen and oxygen atoms in total. The van der Waals surface area contributed by atoms with Crippen molar-refractivity contribution in [2.75, 3.05) is 11.9 Å². The van der Waals surface area contributed by atoms with Crippen molar-refractivity contribution in [2.45, 2.75) is 61.3 Å². The van der Waals surface area contributed by atoms with Crippen LogP contribution >= 0.6 is 23.2 Å². The van der Waals surface area contributed by atoms with Gasteiger partial charge in [-0.2, -0.15) is 0 Å². The fourth-order valence-electron chi connectivity index (χ4n) is 3.89. The maximum Gasteiger partial charge on any atom is 0.487 e. The highest BCUT2D eigenvalue weighted by molar-refractivity contribution is 6.32. The molecule has 2 amide bonds. The number of anilines is 1. The number of halogens is 7. The minimum atomic E-state index is -4.02. The van der Waals surface area contributed by atoms with Crippen molar-refractivity contribution in [3.8, 4) is 5.75 Å². The van der Waals surface area contributed by atoms with E-state index in [-0.39, 0.29) is 24.1 Å². The number of carbonyl (C=O) groups is 2. The first kappa shape index (κ1) is 30.5. The number of benzene rings is 1. The summed E-state index contributed by atoms with van der Waals surface area (Å²) in [5, 5.41) is 2.64. The number of hydrogen-bond acceptors (Lipinski definition) is 5. The molecule has 1 aromatic carbocycles. The molecular formula is C23H25Cl2F5N4O3. The van der Waals surface area contributed by atoms with Crippen molar-refractivity contribution in [3.05, 3.63) is 36.0 Å². The van der Waals surface area contributed by atoms with Crippen LogP contribution in [0, 0.1) is 0 Å². The Morgan fingerprint density at radius 2 is 1.84 bits per heavy atom. The number of rotatable bonds is 10. The monoisotopic (exact) mass is 570 g/mol. The lowest BCUT2D eigenvalue weighted by molar-refractivity contribution is -0.130. The van der Waals surface area contributed by atoms with Crippen LogP contribution < -0.4 is 15.0 Å². The van der Waals surface area contributed by atoms with Crippen LogP contribution in [0.4, 0.5) is 27.6 Å². The molecule has 2 rings (SSSR count). The number of carbonyl (C=O) groups excluding carboxylic acids is 2. The van der Waals surface area contributed by atoms with Crippen molar-refractivity contribution >= 4 is 53.6 Å². The Kier molecular flexibility index (Phi) is 10.1. The Balaban J connectivity index is 2.62. The zero-order valence-electron chi connectivity index (χ0n) is 19.9. The van der Waals surface area contributed by atoms with E-state index in [0.717, 1.165) is 30.5 Å². The highest BCUT2D eigenvalue weighted by Gasteiger charge is 2.49. The maximum absolute atomic E-state index is 14.2. The van der Waals surface area contributed by atoms with Crippen LogP contribution in [0.25, 0.3) is 0 Å². The summed E-state index contributed by atoms with van der Waals surface area (Å²) in [5.74, 6) is -5.52. The van der Waals surface area contributed by atoms with Gasteiger partial charge in [-0.05, 0) is 50.7 Å². The lowest BCUT2D eigenvalue weighted by Gasteiger charge is -2.42. The zero-order chi connectivity index (χ0) is 28.0. The highest BCUT2D eigenvalue weighted by Crippen LogP contribution is 2.36. The van der Waals surface area contributed by atoms with Crippen LogP contribution in [0.5, 0.6) is 5.75 Å². The molecule has 1 fully saturated rings. The quantitative estimate of drug-likeness (QED) is 0.230. The van der Waals surface area contributed by atoms with Crippen LogP contribution in [0.1, 0.15) is 32.6 Å². The van der Waals surface area contributed by atoms with E-state index < -0.39 is 59.1 Å². The van der Waals surface area contributed by atoms with Gasteiger partial charge in [-0.3, -0.25) is 24.5 Å². The molecular weight excluding hydrogens is 546 g/mol. The highest BCUT2D eigenvalue weighted by atomic mass is 35.5. The average molecular weight is 571 g/mol. The van der Waals surface area contributed by atoms with Gasteiger partial charge in [0.15, 0.2) is 5.54 Å². The summed E-state index contributed by atoms with van der Waals surface area (Å²) >= 11 is 10.3. The van der Waals surface area contributed by atoms with Gasteiger partial charge in [-0.25, -0.2) is 13.2 Å². The van der Waals surface area contributed by atoms with E-state index in [9.17, 15) is 31.5 Å². The molecule has 37 heavy (non-hydrogen) atoms. The molecule has 1 aliphatic rings. The first-order valence-electron chi connectivity index (χ1n) is 10.9. The Morgan fingerprint density at radius 1 is 1.27 bits per heavy atom. The molecule has 2 atom stereocenters. The topological polar surface area (TPSA) is 83.4 Å². The third-order valence-corrected chi connectivity index (χ3v) is 6.00. The molecule has 1 saturated carbocycles. The van der Waals surface area contributed by atoms with E-state index >= 15 is 0 Å². The van der Waals surface area contributed by atoms with Gasteiger partial charge >= 0.3 is 5.57 Å². The van der Waals surface area contributed by atoms with E-state index in [2.05, 4.69) is 26.8 Å². The Labute approximate surface area is 220 Å². The number of ether oxygens (including phenoxy) is 1. The zero-order valence-corrected chi connectivity index (χ0v) is 21.4.